The van der Waals surface area contributed by atoms with E-state index in [1.54, 1.807) is 13.0 Å². The summed E-state index contributed by atoms with van der Waals surface area (Å²) in [6.45, 7) is 4.16. The molecule has 0 amide bonds. The number of halogens is 2. The fourth-order valence-corrected chi connectivity index (χ4v) is 4.12. The summed E-state index contributed by atoms with van der Waals surface area (Å²) in [5.74, 6) is 1.03. The molecule has 1 atom stereocenters. The van der Waals surface area contributed by atoms with Gasteiger partial charge in [-0.15, -0.1) is 12.4 Å². The van der Waals surface area contributed by atoms with Gasteiger partial charge in [0.15, 0.2) is 0 Å². The van der Waals surface area contributed by atoms with Gasteiger partial charge >= 0.3 is 0 Å². The summed E-state index contributed by atoms with van der Waals surface area (Å²) in [5, 5.41) is 3.57. The van der Waals surface area contributed by atoms with E-state index in [9.17, 15) is 8.42 Å². The zero-order chi connectivity index (χ0) is 15.5. The van der Waals surface area contributed by atoms with Crippen molar-refractivity contribution in [2.75, 3.05) is 26.7 Å². The third-order valence-corrected chi connectivity index (χ3v) is 5.64. The van der Waals surface area contributed by atoms with Crippen molar-refractivity contribution in [2.45, 2.75) is 24.7 Å². The van der Waals surface area contributed by atoms with Crippen LogP contribution in [-0.4, -0.2) is 35.2 Å². The molecule has 0 aliphatic carbocycles. The first-order valence-corrected chi connectivity index (χ1v) is 8.84. The van der Waals surface area contributed by atoms with Gasteiger partial charge in [-0.05, 0) is 56.5 Å². The van der Waals surface area contributed by atoms with Crippen molar-refractivity contribution in [3.8, 4) is 5.75 Å². The number of methoxy groups -OCH3 is 1. The van der Waals surface area contributed by atoms with Crippen LogP contribution in [0.2, 0.25) is 5.02 Å². The van der Waals surface area contributed by atoms with Crippen LogP contribution in [0.25, 0.3) is 0 Å². The monoisotopic (exact) mass is 368 g/mol. The smallest absolute Gasteiger partial charge is 0.240 e. The first-order chi connectivity index (χ1) is 9.94. The van der Waals surface area contributed by atoms with Gasteiger partial charge in [-0.2, -0.15) is 0 Å². The van der Waals surface area contributed by atoms with E-state index in [0.717, 1.165) is 25.9 Å². The van der Waals surface area contributed by atoms with Crippen LogP contribution in [0.5, 0.6) is 5.75 Å². The van der Waals surface area contributed by atoms with Gasteiger partial charge in [0.1, 0.15) is 5.75 Å². The van der Waals surface area contributed by atoms with Crippen LogP contribution in [0, 0.1) is 12.8 Å². The van der Waals surface area contributed by atoms with Gasteiger partial charge < -0.3 is 10.1 Å². The van der Waals surface area contributed by atoms with Crippen molar-refractivity contribution in [3.05, 3.63) is 22.7 Å². The molecule has 1 unspecified atom stereocenters. The fourth-order valence-electron chi connectivity index (χ4n) is 2.52. The Morgan fingerprint density at radius 1 is 1.45 bits per heavy atom. The van der Waals surface area contributed by atoms with Crippen molar-refractivity contribution in [3.63, 3.8) is 0 Å². The highest BCUT2D eigenvalue weighted by molar-refractivity contribution is 7.89. The number of ether oxygens (including phenoxy) is 1. The molecule has 1 saturated heterocycles. The number of rotatable bonds is 6. The molecule has 1 aliphatic rings. The van der Waals surface area contributed by atoms with Crippen LogP contribution in [0.4, 0.5) is 0 Å². The highest BCUT2D eigenvalue weighted by atomic mass is 35.5. The second kappa shape index (κ2) is 8.36. The molecule has 1 heterocycles. The van der Waals surface area contributed by atoms with Crippen LogP contribution in [-0.2, 0) is 10.0 Å². The normalized spacial score (nSPS) is 18.0. The summed E-state index contributed by atoms with van der Waals surface area (Å²) < 4.78 is 32.4. The Labute approximate surface area is 143 Å². The molecule has 1 aromatic carbocycles. The number of hydrogen-bond donors (Lipinski definition) is 2. The molecule has 22 heavy (non-hydrogen) atoms. The van der Waals surface area contributed by atoms with E-state index in [1.165, 1.54) is 13.2 Å². The first kappa shape index (κ1) is 19.5. The Kier molecular flexibility index (Phi) is 7.41. The average molecular weight is 369 g/mol. The van der Waals surface area contributed by atoms with Gasteiger partial charge in [-0.3, -0.25) is 0 Å². The summed E-state index contributed by atoms with van der Waals surface area (Å²) in [7, 11) is -2.04. The van der Waals surface area contributed by atoms with Gasteiger partial charge in [-0.25, -0.2) is 13.1 Å². The zero-order valence-corrected chi connectivity index (χ0v) is 15.1. The van der Waals surface area contributed by atoms with E-state index in [-0.39, 0.29) is 17.3 Å². The summed E-state index contributed by atoms with van der Waals surface area (Å²) in [4.78, 5) is 0.206. The topological polar surface area (TPSA) is 67.4 Å². The first-order valence-electron chi connectivity index (χ1n) is 6.98. The van der Waals surface area contributed by atoms with E-state index in [4.69, 9.17) is 16.3 Å². The highest BCUT2D eigenvalue weighted by Gasteiger charge is 2.20. The van der Waals surface area contributed by atoms with Crippen LogP contribution in [0.3, 0.4) is 0 Å². The van der Waals surface area contributed by atoms with E-state index >= 15 is 0 Å². The summed E-state index contributed by atoms with van der Waals surface area (Å²) in [6.07, 6.45) is 1.95. The largest absolute Gasteiger partial charge is 0.495 e. The van der Waals surface area contributed by atoms with E-state index in [2.05, 4.69) is 10.0 Å². The lowest BCUT2D eigenvalue weighted by Gasteiger charge is -2.13. The predicted molar refractivity (Wildman–Crippen MR) is 90.8 cm³/mol. The fraction of sp³-hybridized carbons (Fsp3) is 0.571. The molecule has 2 rings (SSSR count). The maximum Gasteiger partial charge on any atom is 0.240 e. The SMILES string of the molecule is COc1cc(C)c(S(=O)(=O)NCCC2CCNC2)cc1Cl.Cl. The molecule has 1 aromatic rings. The Morgan fingerprint density at radius 2 is 2.18 bits per heavy atom. The molecule has 0 spiro atoms. The lowest BCUT2D eigenvalue weighted by atomic mass is 10.1. The predicted octanol–water partition coefficient (Wildman–Crippen LogP) is 2.36. The lowest BCUT2D eigenvalue weighted by molar-refractivity contribution is 0.414. The van der Waals surface area contributed by atoms with E-state index in [0.29, 0.717) is 28.8 Å². The van der Waals surface area contributed by atoms with Gasteiger partial charge in [0.05, 0.1) is 17.0 Å². The standard InChI is InChI=1S/C14H21ClN2O3S.ClH/c1-10-7-13(20-2)12(15)8-14(10)21(18,19)17-6-4-11-3-5-16-9-11;/h7-8,11,16-17H,3-6,9H2,1-2H3;1H. The number of sulfonamides is 1. The number of aryl methyl sites for hydroxylation is 1. The molecule has 1 aliphatic heterocycles. The quantitative estimate of drug-likeness (QED) is 0.808. The van der Waals surface area contributed by atoms with Gasteiger partial charge in [0.25, 0.3) is 0 Å². The van der Waals surface area contributed by atoms with Crippen LogP contribution in [0.15, 0.2) is 17.0 Å². The van der Waals surface area contributed by atoms with Gasteiger partial charge in [0, 0.05) is 6.54 Å². The Hall–Kier alpha value is -0.530. The van der Waals surface area contributed by atoms with E-state index < -0.39 is 10.0 Å². The Morgan fingerprint density at radius 3 is 2.77 bits per heavy atom. The summed E-state index contributed by atoms with van der Waals surface area (Å²) in [6, 6.07) is 3.08. The van der Waals surface area contributed by atoms with Gasteiger partial charge in [0.2, 0.25) is 10.0 Å². The summed E-state index contributed by atoms with van der Waals surface area (Å²) >= 11 is 6.02. The third kappa shape index (κ3) is 4.73. The van der Waals surface area contributed by atoms with Crippen molar-refractivity contribution < 1.29 is 13.2 Å². The molecule has 126 valence electrons. The van der Waals surface area contributed by atoms with Crippen LogP contribution in [0.1, 0.15) is 18.4 Å². The van der Waals surface area contributed by atoms with Crippen molar-refractivity contribution in [2.24, 2.45) is 5.92 Å². The second-order valence-corrected chi connectivity index (χ2v) is 7.44. The van der Waals surface area contributed by atoms with Crippen molar-refractivity contribution >= 4 is 34.0 Å². The number of nitrogens with one attached hydrogen (secondary N) is 2. The Balaban J connectivity index is 0.00000242. The van der Waals surface area contributed by atoms with Crippen LogP contribution < -0.4 is 14.8 Å². The molecule has 0 bridgehead atoms. The molecule has 0 saturated carbocycles. The Bertz CT molecular complexity index is 602. The molecular weight excluding hydrogens is 347 g/mol. The minimum atomic E-state index is -3.54. The maximum atomic E-state index is 12.4. The third-order valence-electron chi connectivity index (χ3n) is 3.75. The second-order valence-electron chi connectivity index (χ2n) is 5.30. The maximum absolute atomic E-state index is 12.4. The molecule has 1 fully saturated rings. The average Bonchev–Trinajstić information content (AvgIpc) is 2.93. The molecule has 8 heteroatoms. The molecule has 5 nitrogen and oxygen atoms in total. The van der Waals surface area contributed by atoms with E-state index in [1.807, 2.05) is 0 Å². The molecule has 2 N–H and O–H groups in total. The minimum absolute atomic E-state index is 0. The van der Waals surface area contributed by atoms with Crippen LogP contribution >= 0.6 is 24.0 Å². The minimum Gasteiger partial charge on any atom is -0.495 e. The molecular formula is C14H22Cl2N2O3S. The molecule has 0 aromatic heterocycles. The van der Waals surface area contributed by atoms with Crippen molar-refractivity contribution in [1.82, 2.24) is 10.0 Å². The summed E-state index contributed by atoms with van der Waals surface area (Å²) in [5.41, 5.74) is 0.617. The number of benzene rings is 1. The zero-order valence-electron chi connectivity index (χ0n) is 12.7. The van der Waals surface area contributed by atoms with Crippen molar-refractivity contribution in [1.29, 1.82) is 0 Å². The molecule has 0 radical (unpaired) electrons. The number of hydrogen-bond acceptors (Lipinski definition) is 4. The lowest BCUT2D eigenvalue weighted by Crippen LogP contribution is -2.27. The van der Waals surface area contributed by atoms with Gasteiger partial charge in [-0.1, -0.05) is 11.6 Å². The highest BCUT2D eigenvalue weighted by Crippen LogP contribution is 2.30.